The summed E-state index contributed by atoms with van der Waals surface area (Å²) in [4.78, 5) is 0. The van der Waals surface area contributed by atoms with Gasteiger partial charge >= 0.3 is 0 Å². The van der Waals surface area contributed by atoms with E-state index < -0.39 is 0 Å². The van der Waals surface area contributed by atoms with Gasteiger partial charge in [0, 0.05) is 11.6 Å². The Balaban J connectivity index is 2.28. The van der Waals surface area contributed by atoms with Crippen LogP contribution in [0.1, 0.15) is 12.5 Å². The van der Waals surface area contributed by atoms with Crippen molar-refractivity contribution in [2.45, 2.75) is 12.5 Å². The number of nitrogens with one attached hydrogen (secondary N) is 1. The Hall–Kier alpha value is -0.570. The Morgan fingerprint density at radius 2 is 2.36 bits per heavy atom. The summed E-state index contributed by atoms with van der Waals surface area (Å²) in [5.74, 6) is 0. The van der Waals surface area contributed by atoms with Crippen LogP contribution in [0.15, 0.2) is 24.3 Å². The topological polar surface area (TPSA) is 21.3 Å². The van der Waals surface area contributed by atoms with E-state index >= 15 is 0 Å². The summed E-state index contributed by atoms with van der Waals surface area (Å²) in [5.41, 5.74) is 1.09. The molecule has 0 spiro atoms. The monoisotopic (exact) mass is 211 g/mol. The quantitative estimate of drug-likeness (QED) is 0.769. The van der Waals surface area contributed by atoms with Crippen LogP contribution in [0.5, 0.6) is 0 Å². The molecule has 0 amide bonds. The molecular formula is C11H14ClNO. The molecule has 1 aliphatic rings. The molecule has 1 atom stereocenters. The third-order valence-electron chi connectivity index (χ3n) is 2.61. The highest BCUT2D eigenvalue weighted by atomic mass is 35.5. The van der Waals surface area contributed by atoms with Crippen LogP contribution in [-0.4, -0.2) is 19.8 Å². The summed E-state index contributed by atoms with van der Waals surface area (Å²) >= 11 is 5.96. The van der Waals surface area contributed by atoms with Gasteiger partial charge in [-0.2, -0.15) is 0 Å². The fraction of sp³-hybridized carbons (Fsp3) is 0.455. The molecule has 0 aromatic heterocycles. The maximum Gasteiger partial charge on any atom is 0.0688 e. The Morgan fingerprint density at radius 1 is 1.50 bits per heavy atom. The third-order valence-corrected chi connectivity index (χ3v) is 2.85. The van der Waals surface area contributed by atoms with Crippen molar-refractivity contribution < 1.29 is 4.74 Å². The van der Waals surface area contributed by atoms with Crippen molar-refractivity contribution in [1.82, 2.24) is 5.32 Å². The standard InChI is InChI=1S/C11H14ClNO/c1-11(8-14-6-5-13-11)9-3-2-4-10(12)7-9/h2-4,7,13H,5-6,8H2,1H3. The van der Waals surface area contributed by atoms with Crippen LogP contribution in [0, 0.1) is 0 Å². The summed E-state index contributed by atoms with van der Waals surface area (Å²) in [6.07, 6.45) is 0. The number of hydrogen-bond acceptors (Lipinski definition) is 2. The molecule has 0 bridgehead atoms. The summed E-state index contributed by atoms with van der Waals surface area (Å²) in [6, 6.07) is 7.92. The number of morpholine rings is 1. The molecule has 1 N–H and O–H groups in total. The zero-order chi connectivity index (χ0) is 10.0. The van der Waals surface area contributed by atoms with E-state index in [9.17, 15) is 0 Å². The summed E-state index contributed by atoms with van der Waals surface area (Å²) < 4.78 is 5.47. The van der Waals surface area contributed by atoms with Crippen molar-refractivity contribution in [3.05, 3.63) is 34.9 Å². The fourth-order valence-corrected chi connectivity index (χ4v) is 1.93. The molecule has 3 heteroatoms. The molecule has 0 saturated carbocycles. The van der Waals surface area contributed by atoms with Gasteiger partial charge in [0.2, 0.25) is 0 Å². The summed E-state index contributed by atoms with van der Waals surface area (Å²) in [7, 11) is 0. The van der Waals surface area contributed by atoms with E-state index in [1.807, 2.05) is 18.2 Å². The molecule has 14 heavy (non-hydrogen) atoms. The maximum absolute atomic E-state index is 5.96. The molecule has 1 aromatic rings. The largest absolute Gasteiger partial charge is 0.378 e. The molecule has 1 heterocycles. The number of ether oxygens (including phenoxy) is 1. The second-order valence-electron chi connectivity index (χ2n) is 3.82. The van der Waals surface area contributed by atoms with Gasteiger partial charge in [-0.1, -0.05) is 23.7 Å². The van der Waals surface area contributed by atoms with E-state index in [2.05, 4.69) is 18.3 Å². The van der Waals surface area contributed by atoms with Crippen LogP contribution in [0.3, 0.4) is 0 Å². The lowest BCUT2D eigenvalue weighted by molar-refractivity contribution is 0.0339. The normalized spacial score (nSPS) is 27.6. The van der Waals surface area contributed by atoms with Gasteiger partial charge < -0.3 is 10.1 Å². The molecule has 1 saturated heterocycles. The van der Waals surface area contributed by atoms with Crippen molar-refractivity contribution in [2.24, 2.45) is 0 Å². The van der Waals surface area contributed by atoms with Crippen LogP contribution in [0.25, 0.3) is 0 Å². The molecule has 0 aliphatic carbocycles. The zero-order valence-corrected chi connectivity index (χ0v) is 8.97. The lowest BCUT2D eigenvalue weighted by atomic mass is 9.92. The third kappa shape index (κ3) is 1.92. The second kappa shape index (κ2) is 3.89. The molecule has 1 fully saturated rings. The van der Waals surface area contributed by atoms with Crippen LogP contribution in [-0.2, 0) is 10.3 Å². The number of rotatable bonds is 1. The average Bonchev–Trinajstić information content (AvgIpc) is 2.19. The lowest BCUT2D eigenvalue weighted by Crippen LogP contribution is -2.49. The van der Waals surface area contributed by atoms with E-state index in [0.29, 0.717) is 6.61 Å². The van der Waals surface area contributed by atoms with Gasteiger partial charge in [0.1, 0.15) is 0 Å². The molecule has 2 rings (SSSR count). The minimum atomic E-state index is -0.0941. The molecule has 1 aliphatic heterocycles. The fourth-order valence-electron chi connectivity index (χ4n) is 1.74. The van der Waals surface area contributed by atoms with Crippen molar-refractivity contribution in [2.75, 3.05) is 19.8 Å². The van der Waals surface area contributed by atoms with Crippen molar-refractivity contribution in [3.63, 3.8) is 0 Å². The van der Waals surface area contributed by atoms with Gasteiger partial charge in [-0.05, 0) is 24.6 Å². The minimum absolute atomic E-state index is 0.0941. The van der Waals surface area contributed by atoms with E-state index in [4.69, 9.17) is 16.3 Å². The first-order chi connectivity index (χ1) is 6.71. The van der Waals surface area contributed by atoms with Crippen molar-refractivity contribution in [1.29, 1.82) is 0 Å². The zero-order valence-electron chi connectivity index (χ0n) is 8.22. The Morgan fingerprint density at radius 3 is 3.00 bits per heavy atom. The molecule has 1 unspecified atom stereocenters. The van der Waals surface area contributed by atoms with Crippen LogP contribution >= 0.6 is 11.6 Å². The van der Waals surface area contributed by atoms with Gasteiger partial charge in [0.25, 0.3) is 0 Å². The first-order valence-electron chi connectivity index (χ1n) is 4.79. The molecule has 1 aromatic carbocycles. The summed E-state index contributed by atoms with van der Waals surface area (Å²) in [5, 5.41) is 4.23. The SMILES string of the molecule is CC1(c2cccc(Cl)c2)COCCN1. The molecule has 0 radical (unpaired) electrons. The number of hydrogen-bond donors (Lipinski definition) is 1. The van der Waals surface area contributed by atoms with Gasteiger partial charge in [0.15, 0.2) is 0 Å². The average molecular weight is 212 g/mol. The van der Waals surface area contributed by atoms with Crippen LogP contribution in [0.2, 0.25) is 5.02 Å². The maximum atomic E-state index is 5.96. The first kappa shape index (κ1) is 9.97. The highest BCUT2D eigenvalue weighted by Crippen LogP contribution is 2.25. The number of benzene rings is 1. The smallest absolute Gasteiger partial charge is 0.0688 e. The Kier molecular flexibility index (Phi) is 2.77. The second-order valence-corrected chi connectivity index (χ2v) is 4.26. The van der Waals surface area contributed by atoms with E-state index in [1.54, 1.807) is 0 Å². The predicted molar refractivity (Wildman–Crippen MR) is 57.6 cm³/mol. The highest BCUT2D eigenvalue weighted by molar-refractivity contribution is 6.30. The van der Waals surface area contributed by atoms with E-state index in [-0.39, 0.29) is 5.54 Å². The molecule has 76 valence electrons. The van der Waals surface area contributed by atoms with E-state index in [0.717, 1.165) is 18.2 Å². The van der Waals surface area contributed by atoms with E-state index in [1.165, 1.54) is 5.56 Å². The van der Waals surface area contributed by atoms with Gasteiger partial charge in [-0.15, -0.1) is 0 Å². The molecular weight excluding hydrogens is 198 g/mol. The summed E-state index contributed by atoms with van der Waals surface area (Å²) in [6.45, 7) is 4.52. The van der Waals surface area contributed by atoms with Crippen LogP contribution < -0.4 is 5.32 Å². The van der Waals surface area contributed by atoms with Crippen molar-refractivity contribution in [3.8, 4) is 0 Å². The lowest BCUT2D eigenvalue weighted by Gasteiger charge is -2.35. The minimum Gasteiger partial charge on any atom is -0.378 e. The van der Waals surface area contributed by atoms with Crippen LogP contribution in [0.4, 0.5) is 0 Å². The number of halogens is 1. The van der Waals surface area contributed by atoms with Crippen molar-refractivity contribution >= 4 is 11.6 Å². The molecule has 2 nitrogen and oxygen atoms in total. The Bertz CT molecular complexity index is 321. The van der Waals surface area contributed by atoms with Gasteiger partial charge in [-0.25, -0.2) is 0 Å². The highest BCUT2D eigenvalue weighted by Gasteiger charge is 2.28. The predicted octanol–water partition coefficient (Wildman–Crippen LogP) is 2.17. The first-order valence-corrected chi connectivity index (χ1v) is 5.17. The Labute approximate surface area is 89.2 Å². The van der Waals surface area contributed by atoms with Gasteiger partial charge in [-0.3, -0.25) is 0 Å². The van der Waals surface area contributed by atoms with Gasteiger partial charge in [0.05, 0.1) is 18.8 Å².